The van der Waals surface area contributed by atoms with Crippen molar-refractivity contribution in [1.29, 1.82) is 0 Å². The summed E-state index contributed by atoms with van der Waals surface area (Å²) in [5, 5.41) is 20.8. The van der Waals surface area contributed by atoms with Crippen molar-refractivity contribution in [3.8, 4) is 22.6 Å². The van der Waals surface area contributed by atoms with Crippen LogP contribution in [-0.2, 0) is 9.59 Å². The summed E-state index contributed by atoms with van der Waals surface area (Å²) in [7, 11) is 3.03. The topological polar surface area (TPSA) is 95.9 Å². The van der Waals surface area contributed by atoms with Crippen LogP contribution in [0, 0.1) is 5.82 Å². The number of aliphatic hydroxyl groups is 1. The van der Waals surface area contributed by atoms with Crippen LogP contribution >= 0.6 is 0 Å². The predicted molar refractivity (Wildman–Crippen MR) is 113 cm³/mol. The number of hydrogen-bond donors (Lipinski definition) is 1. The molecule has 6 nitrogen and oxygen atoms in total. The first-order valence-electron chi connectivity index (χ1n) is 9.80. The van der Waals surface area contributed by atoms with E-state index >= 15 is 0 Å². The third-order valence-corrected chi connectivity index (χ3v) is 4.76. The highest BCUT2D eigenvalue weighted by atomic mass is 19.1. The number of halogens is 1. The molecule has 0 bridgehead atoms. The number of hydrogen-bond acceptors (Lipinski definition) is 6. The fraction of sp³-hybridized carbons (Fsp3) is 0.333. The Morgan fingerprint density at radius 3 is 2.32 bits per heavy atom. The fourth-order valence-electron chi connectivity index (χ4n) is 3.33. The van der Waals surface area contributed by atoms with Gasteiger partial charge in [0.2, 0.25) is 0 Å². The van der Waals surface area contributed by atoms with Crippen LogP contribution in [0.4, 0.5) is 4.39 Å². The van der Waals surface area contributed by atoms with E-state index in [9.17, 15) is 24.2 Å². The third-order valence-electron chi connectivity index (χ3n) is 4.76. The smallest absolute Gasteiger partial charge is 0.169 e. The molecule has 2 aromatic carbocycles. The lowest BCUT2D eigenvalue weighted by atomic mass is 9.88. The van der Waals surface area contributed by atoms with Gasteiger partial charge in [0.1, 0.15) is 11.6 Å². The summed E-state index contributed by atoms with van der Waals surface area (Å²) < 4.78 is 24.6. The Hall–Kier alpha value is -3.19. The van der Waals surface area contributed by atoms with Crippen LogP contribution in [-0.4, -0.2) is 37.2 Å². The highest BCUT2D eigenvalue weighted by Crippen LogP contribution is 2.45. The highest BCUT2D eigenvalue weighted by Gasteiger charge is 2.21. The van der Waals surface area contributed by atoms with Gasteiger partial charge in [-0.25, -0.2) is 4.39 Å². The second-order valence-corrected chi connectivity index (χ2v) is 7.37. The summed E-state index contributed by atoms with van der Waals surface area (Å²) in [6.45, 7) is 3.99. The van der Waals surface area contributed by atoms with Gasteiger partial charge in [-0.15, -0.1) is 0 Å². The van der Waals surface area contributed by atoms with Crippen LogP contribution in [0.5, 0.6) is 11.5 Å². The van der Waals surface area contributed by atoms with Crippen molar-refractivity contribution in [3.63, 3.8) is 0 Å². The molecule has 0 amide bonds. The minimum Gasteiger partial charge on any atom is -0.550 e. The molecule has 1 atom stereocenters. The van der Waals surface area contributed by atoms with E-state index in [1.165, 1.54) is 32.4 Å². The number of aliphatic hydroxyl groups excluding tert-OH is 1. The van der Waals surface area contributed by atoms with Crippen molar-refractivity contribution in [2.75, 3.05) is 14.2 Å². The molecular weight excluding hydrogens is 403 g/mol. The molecule has 0 aliphatic rings. The normalized spacial score (nSPS) is 12.2. The molecular formula is C24H26FO6-. The van der Waals surface area contributed by atoms with Crippen LogP contribution < -0.4 is 14.6 Å². The van der Waals surface area contributed by atoms with Crippen LogP contribution in [0.15, 0.2) is 36.4 Å². The lowest BCUT2D eigenvalue weighted by Crippen LogP contribution is -2.26. The highest BCUT2D eigenvalue weighted by molar-refractivity contribution is 5.94. The minimum atomic E-state index is -1.48. The maximum atomic E-state index is 13.5. The molecule has 166 valence electrons. The predicted octanol–water partition coefficient (Wildman–Crippen LogP) is 3.11. The molecule has 2 aromatic rings. The van der Waals surface area contributed by atoms with E-state index in [0.717, 1.165) is 5.56 Å². The summed E-state index contributed by atoms with van der Waals surface area (Å²) in [6, 6.07) is 7.75. The summed E-state index contributed by atoms with van der Waals surface area (Å²) in [5.41, 5.74) is 2.93. The van der Waals surface area contributed by atoms with E-state index in [0.29, 0.717) is 28.2 Å². The molecule has 0 aliphatic heterocycles. The van der Waals surface area contributed by atoms with E-state index < -0.39 is 24.3 Å². The summed E-state index contributed by atoms with van der Waals surface area (Å²) >= 11 is 0. The molecule has 1 unspecified atom stereocenters. The van der Waals surface area contributed by atoms with Gasteiger partial charge in [-0.2, -0.15) is 0 Å². The van der Waals surface area contributed by atoms with Gasteiger partial charge >= 0.3 is 0 Å². The lowest BCUT2D eigenvalue weighted by molar-refractivity contribution is -0.304. The third kappa shape index (κ3) is 6.15. The lowest BCUT2D eigenvalue weighted by Gasteiger charge is -2.21. The Bertz CT molecular complexity index is 963. The maximum absolute atomic E-state index is 13.5. The standard InChI is InChI=1S/C24H27FO6/c1-14(2)20-13-21(30-3)24(31-4)23(15-5-7-16(25)8-6-15)19(20)10-9-17(26)11-18(27)12-22(28)29/h5-10,13-14,17,26H,11-12H2,1-4H3,(H,28,29)/p-1/b10-9+. The minimum absolute atomic E-state index is 0.0653. The molecule has 0 aromatic heterocycles. The molecule has 0 radical (unpaired) electrons. The quantitative estimate of drug-likeness (QED) is 0.583. The van der Waals surface area contributed by atoms with Crippen LogP contribution in [0.3, 0.4) is 0 Å². The van der Waals surface area contributed by atoms with Crippen molar-refractivity contribution < 1.29 is 33.7 Å². The van der Waals surface area contributed by atoms with Gasteiger partial charge in [-0.3, -0.25) is 4.79 Å². The van der Waals surface area contributed by atoms with Gasteiger partial charge in [-0.1, -0.05) is 38.1 Å². The molecule has 0 aliphatic carbocycles. The first-order valence-corrected chi connectivity index (χ1v) is 9.80. The maximum Gasteiger partial charge on any atom is 0.169 e. The number of aliphatic carboxylic acids is 1. The number of Topliss-reactive ketones (excluding diaryl/α,β-unsaturated/α-hetero) is 1. The second-order valence-electron chi connectivity index (χ2n) is 7.37. The molecule has 0 fully saturated rings. The van der Waals surface area contributed by atoms with Crippen molar-refractivity contribution >= 4 is 17.8 Å². The molecule has 0 saturated carbocycles. The van der Waals surface area contributed by atoms with E-state index in [2.05, 4.69) is 0 Å². The van der Waals surface area contributed by atoms with Crippen molar-refractivity contribution in [2.45, 2.75) is 38.7 Å². The van der Waals surface area contributed by atoms with Crippen LogP contribution in [0.2, 0.25) is 0 Å². The number of ketones is 1. The number of ether oxygens (including phenoxy) is 2. The van der Waals surface area contributed by atoms with Crippen molar-refractivity contribution in [2.24, 2.45) is 0 Å². The second kappa shape index (κ2) is 10.7. The Labute approximate surface area is 180 Å². The Kier molecular flexibility index (Phi) is 8.33. The zero-order valence-corrected chi connectivity index (χ0v) is 18.0. The zero-order chi connectivity index (χ0) is 23.1. The SMILES string of the molecule is COc1cc(C(C)C)c(/C=C/C(O)CC(=O)CC(=O)[O-])c(-c2ccc(F)cc2)c1OC. The van der Waals surface area contributed by atoms with Gasteiger partial charge in [0.15, 0.2) is 11.5 Å². The first-order chi connectivity index (χ1) is 14.7. The molecule has 31 heavy (non-hydrogen) atoms. The van der Waals surface area contributed by atoms with Gasteiger partial charge < -0.3 is 24.5 Å². The summed E-state index contributed by atoms with van der Waals surface area (Å²) in [5.74, 6) is -1.48. The number of methoxy groups -OCH3 is 2. The molecule has 0 heterocycles. The summed E-state index contributed by atoms with van der Waals surface area (Å²) in [6.07, 6.45) is 0.807. The van der Waals surface area contributed by atoms with E-state index in [-0.39, 0.29) is 18.2 Å². The van der Waals surface area contributed by atoms with Crippen LogP contribution in [0.25, 0.3) is 17.2 Å². The number of carbonyl (C=O) groups is 2. The zero-order valence-electron chi connectivity index (χ0n) is 18.0. The number of carboxylic acid groups (broad SMARTS) is 1. The van der Waals surface area contributed by atoms with Crippen molar-refractivity contribution in [3.05, 3.63) is 53.4 Å². The molecule has 0 spiro atoms. The van der Waals surface area contributed by atoms with E-state index in [1.54, 1.807) is 18.2 Å². The van der Waals surface area contributed by atoms with Gasteiger partial charge in [-0.05, 0) is 40.8 Å². The molecule has 7 heteroatoms. The molecule has 0 saturated heterocycles. The van der Waals surface area contributed by atoms with Crippen LogP contribution in [0.1, 0.15) is 43.7 Å². The molecule has 2 rings (SSSR count). The average Bonchev–Trinajstić information content (AvgIpc) is 2.70. The summed E-state index contributed by atoms with van der Waals surface area (Å²) in [4.78, 5) is 22.2. The largest absolute Gasteiger partial charge is 0.550 e. The number of carbonyl (C=O) groups excluding carboxylic acids is 2. The fourth-order valence-corrected chi connectivity index (χ4v) is 3.33. The van der Waals surface area contributed by atoms with Crippen molar-refractivity contribution in [1.82, 2.24) is 0 Å². The monoisotopic (exact) mass is 429 g/mol. The average molecular weight is 429 g/mol. The van der Waals surface area contributed by atoms with E-state index in [1.807, 2.05) is 19.9 Å². The van der Waals surface area contributed by atoms with Gasteiger partial charge in [0.05, 0.1) is 20.3 Å². The van der Waals surface area contributed by atoms with E-state index in [4.69, 9.17) is 9.47 Å². The van der Waals surface area contributed by atoms with Gasteiger partial charge in [0.25, 0.3) is 0 Å². The number of rotatable bonds is 10. The number of carboxylic acids is 1. The Morgan fingerprint density at radius 2 is 1.81 bits per heavy atom. The number of benzene rings is 2. The van der Waals surface area contributed by atoms with Gasteiger partial charge in [0, 0.05) is 24.4 Å². The Balaban J connectivity index is 2.61. The Morgan fingerprint density at radius 1 is 1.16 bits per heavy atom. The first kappa shape index (κ1) is 24.1. The molecule has 1 N–H and O–H groups in total.